The van der Waals surface area contributed by atoms with E-state index in [2.05, 4.69) is 15.2 Å². The second-order valence-electron chi connectivity index (χ2n) is 9.02. The average Bonchev–Trinajstić information content (AvgIpc) is 3.24. The van der Waals surface area contributed by atoms with Gasteiger partial charge in [0.1, 0.15) is 11.3 Å². The van der Waals surface area contributed by atoms with Gasteiger partial charge in [-0.15, -0.1) is 0 Å². The van der Waals surface area contributed by atoms with Crippen LogP contribution >= 0.6 is 22.9 Å². The van der Waals surface area contributed by atoms with Crippen molar-refractivity contribution in [3.05, 3.63) is 35.1 Å². The molecule has 2 aromatic heterocycles. The summed E-state index contributed by atoms with van der Waals surface area (Å²) in [4.78, 5) is 23.6. The van der Waals surface area contributed by atoms with E-state index in [1.165, 1.54) is 11.3 Å². The van der Waals surface area contributed by atoms with Gasteiger partial charge in [0.25, 0.3) is 0 Å². The van der Waals surface area contributed by atoms with Gasteiger partial charge in [-0.1, -0.05) is 35.1 Å². The second-order valence-corrected chi connectivity index (χ2v) is 10.5. The van der Waals surface area contributed by atoms with Crippen LogP contribution in [0.15, 0.2) is 24.3 Å². The molecule has 9 nitrogen and oxygen atoms in total. The Morgan fingerprint density at radius 3 is 2.69 bits per heavy atom. The van der Waals surface area contributed by atoms with Crippen molar-refractivity contribution in [1.29, 1.82) is 0 Å². The van der Waals surface area contributed by atoms with Gasteiger partial charge in [0.15, 0.2) is 10.9 Å². The number of hydroxylamine groups is 2. The normalized spacial score (nSPS) is 16.9. The smallest absolute Gasteiger partial charge is 0.228 e. The minimum absolute atomic E-state index is 0.218. The third-order valence-corrected chi connectivity index (χ3v) is 8.07. The van der Waals surface area contributed by atoms with Crippen molar-refractivity contribution in [3.63, 3.8) is 0 Å². The Labute approximate surface area is 216 Å². The first-order valence-electron chi connectivity index (χ1n) is 11.8. The molecule has 36 heavy (non-hydrogen) atoms. The SMILES string of the molecule is CON(C)C1CN(c2nc(N3CCNCC3)c3cc(Cl)c(-c4cccc5sc(N)nc45)c(F)c3n2)C1. The van der Waals surface area contributed by atoms with Crippen LogP contribution in [0.25, 0.3) is 32.2 Å². The van der Waals surface area contributed by atoms with Crippen molar-refractivity contribution in [1.82, 2.24) is 25.3 Å². The quantitative estimate of drug-likeness (QED) is 0.378. The van der Waals surface area contributed by atoms with E-state index in [9.17, 15) is 0 Å². The molecule has 0 amide bonds. The minimum atomic E-state index is -0.484. The molecule has 0 bridgehead atoms. The summed E-state index contributed by atoms with van der Waals surface area (Å²) in [5, 5.41) is 6.49. The molecule has 4 aromatic rings. The van der Waals surface area contributed by atoms with Crippen LogP contribution in [-0.2, 0) is 4.84 Å². The van der Waals surface area contributed by atoms with Gasteiger partial charge in [0.05, 0.1) is 28.4 Å². The van der Waals surface area contributed by atoms with E-state index >= 15 is 4.39 Å². The van der Waals surface area contributed by atoms with Gasteiger partial charge in [-0.2, -0.15) is 10.0 Å². The Kier molecular flexibility index (Phi) is 6.05. The maximum Gasteiger partial charge on any atom is 0.228 e. The van der Waals surface area contributed by atoms with Crippen molar-refractivity contribution in [2.45, 2.75) is 6.04 Å². The fraction of sp³-hybridized carbons (Fsp3) is 0.375. The average molecular weight is 529 g/mol. The molecule has 0 radical (unpaired) electrons. The molecule has 2 aliphatic heterocycles. The van der Waals surface area contributed by atoms with E-state index in [-0.39, 0.29) is 22.1 Å². The zero-order valence-electron chi connectivity index (χ0n) is 20.0. The highest BCUT2D eigenvalue weighted by Crippen LogP contribution is 2.42. The van der Waals surface area contributed by atoms with Gasteiger partial charge in [0.2, 0.25) is 5.95 Å². The first-order valence-corrected chi connectivity index (χ1v) is 13.0. The fourth-order valence-electron chi connectivity index (χ4n) is 4.84. The maximum absolute atomic E-state index is 16.4. The number of aromatic nitrogens is 3. The van der Waals surface area contributed by atoms with E-state index in [0.717, 1.165) is 30.9 Å². The van der Waals surface area contributed by atoms with Crippen LogP contribution in [0.5, 0.6) is 0 Å². The lowest BCUT2D eigenvalue weighted by Gasteiger charge is -2.43. The van der Waals surface area contributed by atoms with Gasteiger partial charge >= 0.3 is 0 Å². The summed E-state index contributed by atoms with van der Waals surface area (Å²) < 4.78 is 17.3. The largest absolute Gasteiger partial charge is 0.375 e. The number of halogens is 2. The summed E-state index contributed by atoms with van der Waals surface area (Å²) in [6, 6.07) is 7.59. The van der Waals surface area contributed by atoms with E-state index < -0.39 is 5.82 Å². The molecule has 6 rings (SSSR count). The summed E-state index contributed by atoms with van der Waals surface area (Å²) in [6.07, 6.45) is 0. The molecular weight excluding hydrogens is 503 g/mol. The molecule has 2 aromatic carbocycles. The van der Waals surface area contributed by atoms with Gasteiger partial charge in [-0.3, -0.25) is 0 Å². The summed E-state index contributed by atoms with van der Waals surface area (Å²) in [5.74, 6) is 0.714. The van der Waals surface area contributed by atoms with Crippen LogP contribution in [0.4, 0.5) is 21.3 Å². The molecule has 0 saturated carbocycles. The highest BCUT2D eigenvalue weighted by Gasteiger charge is 2.34. The van der Waals surface area contributed by atoms with Gasteiger partial charge in [-0.25, -0.2) is 14.4 Å². The van der Waals surface area contributed by atoms with Crippen LogP contribution in [0, 0.1) is 5.82 Å². The number of para-hydroxylation sites is 1. The molecule has 3 N–H and O–H groups in total. The number of hydrogen-bond donors (Lipinski definition) is 2. The lowest BCUT2D eigenvalue weighted by molar-refractivity contribution is -0.146. The van der Waals surface area contributed by atoms with Crippen LogP contribution in [0.2, 0.25) is 5.02 Å². The van der Waals surface area contributed by atoms with Crippen molar-refractivity contribution >= 4 is 61.0 Å². The first-order chi connectivity index (χ1) is 17.4. The summed E-state index contributed by atoms with van der Waals surface area (Å²) >= 11 is 8.12. The maximum atomic E-state index is 16.4. The Hall–Kier alpha value is -2.83. The van der Waals surface area contributed by atoms with Crippen molar-refractivity contribution in [3.8, 4) is 11.1 Å². The van der Waals surface area contributed by atoms with Gasteiger partial charge < -0.3 is 25.7 Å². The number of thiazole rings is 1. The number of nitrogens with two attached hydrogens (primary N) is 1. The van der Waals surface area contributed by atoms with Crippen molar-refractivity contribution in [2.24, 2.45) is 0 Å². The molecule has 0 aliphatic carbocycles. The number of nitrogens with one attached hydrogen (secondary N) is 1. The number of rotatable bonds is 5. The minimum Gasteiger partial charge on any atom is -0.375 e. The van der Waals surface area contributed by atoms with Crippen LogP contribution in [0.1, 0.15) is 0 Å². The van der Waals surface area contributed by atoms with E-state index in [1.807, 2.05) is 35.2 Å². The summed E-state index contributed by atoms with van der Waals surface area (Å²) in [6.45, 7) is 4.56. The number of likely N-dealkylation sites (N-methyl/N-ethyl adjacent to an activating group) is 1. The Bertz CT molecular complexity index is 1450. The van der Waals surface area contributed by atoms with Crippen molar-refractivity contribution in [2.75, 3.05) is 69.0 Å². The van der Waals surface area contributed by atoms with Gasteiger partial charge in [-0.05, 0) is 12.1 Å². The highest BCUT2D eigenvalue weighted by atomic mass is 35.5. The monoisotopic (exact) mass is 528 g/mol. The van der Waals surface area contributed by atoms with Crippen molar-refractivity contribution < 1.29 is 9.23 Å². The molecule has 2 fully saturated rings. The topological polar surface area (TPSA) is 95.7 Å². The molecular formula is C24H26ClFN8OS. The van der Waals surface area contributed by atoms with Crippen LogP contribution in [-0.4, -0.2) is 79.5 Å². The van der Waals surface area contributed by atoms with E-state index in [1.54, 1.807) is 13.2 Å². The van der Waals surface area contributed by atoms with Crippen LogP contribution < -0.4 is 20.9 Å². The first kappa shape index (κ1) is 23.6. The number of piperazine rings is 1. The second kappa shape index (κ2) is 9.24. The molecule has 188 valence electrons. The number of fused-ring (bicyclic) bond motifs is 2. The summed E-state index contributed by atoms with van der Waals surface area (Å²) in [5.41, 5.74) is 7.70. The number of hydrogen-bond acceptors (Lipinski definition) is 10. The number of benzene rings is 2. The fourth-order valence-corrected chi connectivity index (χ4v) is 5.89. The standard InChI is InChI=1S/C24H26ClFN8OS/c1-32(35-2)13-11-34(12-13)24-30-21-15(22(31-24)33-8-6-28-7-9-33)10-16(25)18(19(21)26)14-4-3-5-17-20(14)29-23(27)36-17/h3-5,10,13,28H,6-9,11-12H2,1-2H3,(H2,27,29). The number of nitrogen functional groups attached to an aromatic ring is 1. The Morgan fingerprint density at radius 2 is 1.94 bits per heavy atom. The number of anilines is 3. The zero-order valence-corrected chi connectivity index (χ0v) is 21.5. The Balaban J connectivity index is 1.52. The molecule has 2 aliphatic rings. The molecule has 2 saturated heterocycles. The molecule has 0 spiro atoms. The van der Waals surface area contributed by atoms with Crippen LogP contribution in [0.3, 0.4) is 0 Å². The van der Waals surface area contributed by atoms with E-state index in [4.69, 9.17) is 32.1 Å². The molecule has 12 heteroatoms. The molecule has 4 heterocycles. The highest BCUT2D eigenvalue weighted by molar-refractivity contribution is 7.22. The van der Waals surface area contributed by atoms with E-state index in [0.29, 0.717) is 46.5 Å². The predicted octanol–water partition coefficient (Wildman–Crippen LogP) is 3.37. The Morgan fingerprint density at radius 1 is 1.17 bits per heavy atom. The third-order valence-electron chi connectivity index (χ3n) is 6.92. The lowest BCUT2D eigenvalue weighted by atomic mass is 10.0. The number of nitrogens with zero attached hydrogens (tertiary/aromatic N) is 6. The summed E-state index contributed by atoms with van der Waals surface area (Å²) in [7, 11) is 3.55. The lowest BCUT2D eigenvalue weighted by Crippen LogP contribution is -2.58. The third kappa shape index (κ3) is 3.91. The predicted molar refractivity (Wildman–Crippen MR) is 143 cm³/mol. The molecule has 0 unspecified atom stereocenters. The van der Waals surface area contributed by atoms with Gasteiger partial charge in [0, 0.05) is 62.8 Å². The zero-order chi connectivity index (χ0) is 25.0. The molecule has 0 atom stereocenters.